The summed E-state index contributed by atoms with van der Waals surface area (Å²) < 4.78 is 10.4. The van der Waals surface area contributed by atoms with E-state index in [1.807, 2.05) is 43.0 Å². The number of ketones is 1. The third kappa shape index (κ3) is 7.99. The van der Waals surface area contributed by atoms with Crippen LogP contribution in [0.2, 0.25) is 0 Å². The Morgan fingerprint density at radius 1 is 0.923 bits per heavy atom. The number of carbonyl (C=O) groups excluding carboxylic acids is 2. The first kappa shape index (κ1) is 28.6. The van der Waals surface area contributed by atoms with Crippen LogP contribution >= 0.6 is 0 Å². The van der Waals surface area contributed by atoms with Gasteiger partial charge in [-0.15, -0.1) is 5.11 Å². The van der Waals surface area contributed by atoms with E-state index in [1.165, 1.54) is 38.3 Å². The number of likely N-dealkylation sites (N-methyl/N-ethyl adjacent to an activating group) is 1. The number of nitro groups is 1. The number of nitrogens with zero attached hydrogens (tertiary/aromatic N) is 6. The third-order valence-corrected chi connectivity index (χ3v) is 5.58. The molecule has 0 atom stereocenters. The Bertz CT molecular complexity index is 1390. The van der Waals surface area contributed by atoms with Crippen molar-refractivity contribution < 1.29 is 24.0 Å². The maximum Gasteiger partial charge on any atom is 0.374 e. The van der Waals surface area contributed by atoms with Gasteiger partial charge in [0, 0.05) is 37.4 Å². The quantitative estimate of drug-likeness (QED) is 0.0828. The SMILES string of the molecule is CCN(CCOC(=O)C(C)=O)c1ccc(N=Nc2cc(OC)c(N=Nc3ccc([N+](=O)[O-])cc3)cc2C)cc1. The summed E-state index contributed by atoms with van der Waals surface area (Å²) in [5.74, 6) is -1.02. The number of hydrogen-bond acceptors (Lipinski definition) is 11. The lowest BCUT2D eigenvalue weighted by Crippen LogP contribution is -2.28. The molecular formula is C27H28N6O6. The predicted molar refractivity (Wildman–Crippen MR) is 145 cm³/mol. The Labute approximate surface area is 225 Å². The molecule has 0 aliphatic rings. The van der Waals surface area contributed by atoms with Crippen LogP contribution in [0, 0.1) is 17.0 Å². The van der Waals surface area contributed by atoms with Gasteiger partial charge in [0.15, 0.2) is 0 Å². The molecule has 39 heavy (non-hydrogen) atoms. The number of aryl methyl sites for hydroxylation is 1. The van der Waals surface area contributed by atoms with E-state index in [1.54, 1.807) is 12.1 Å². The normalized spacial score (nSPS) is 11.1. The highest BCUT2D eigenvalue weighted by Gasteiger charge is 2.11. The van der Waals surface area contributed by atoms with E-state index in [2.05, 4.69) is 20.5 Å². The Morgan fingerprint density at radius 3 is 2.05 bits per heavy atom. The van der Waals surface area contributed by atoms with Crippen LogP contribution in [0.15, 0.2) is 81.1 Å². The van der Waals surface area contributed by atoms with Gasteiger partial charge in [0.2, 0.25) is 5.78 Å². The van der Waals surface area contributed by atoms with Crippen molar-refractivity contribution in [1.29, 1.82) is 0 Å². The molecule has 202 valence electrons. The fourth-order valence-corrected chi connectivity index (χ4v) is 3.43. The molecule has 0 aliphatic carbocycles. The largest absolute Gasteiger partial charge is 0.494 e. The van der Waals surface area contributed by atoms with E-state index >= 15 is 0 Å². The molecular weight excluding hydrogens is 504 g/mol. The topological polar surface area (TPSA) is 148 Å². The van der Waals surface area contributed by atoms with Crippen LogP contribution in [-0.4, -0.2) is 43.5 Å². The first-order valence-electron chi connectivity index (χ1n) is 12.0. The fourth-order valence-electron chi connectivity index (χ4n) is 3.43. The van der Waals surface area contributed by atoms with E-state index in [0.29, 0.717) is 41.6 Å². The summed E-state index contributed by atoms with van der Waals surface area (Å²) in [6, 6.07) is 16.6. The van der Waals surface area contributed by atoms with Gasteiger partial charge in [-0.05, 0) is 61.9 Å². The number of azo groups is 2. The molecule has 0 fully saturated rings. The molecule has 0 saturated carbocycles. The van der Waals surface area contributed by atoms with E-state index in [0.717, 1.165) is 11.3 Å². The first-order valence-corrected chi connectivity index (χ1v) is 12.0. The molecule has 0 bridgehead atoms. The van der Waals surface area contributed by atoms with Gasteiger partial charge in [-0.3, -0.25) is 14.9 Å². The van der Waals surface area contributed by atoms with E-state index in [4.69, 9.17) is 9.47 Å². The summed E-state index contributed by atoms with van der Waals surface area (Å²) in [6.07, 6.45) is 0. The number of benzene rings is 3. The molecule has 0 spiro atoms. The number of non-ortho nitro benzene ring substituents is 1. The van der Waals surface area contributed by atoms with Crippen LogP contribution in [0.1, 0.15) is 19.4 Å². The lowest BCUT2D eigenvalue weighted by Gasteiger charge is -2.22. The zero-order chi connectivity index (χ0) is 28.4. The van der Waals surface area contributed by atoms with E-state index < -0.39 is 16.7 Å². The molecule has 0 aromatic heterocycles. The van der Waals surface area contributed by atoms with Gasteiger partial charge in [-0.2, -0.15) is 15.3 Å². The fraction of sp³-hybridized carbons (Fsp3) is 0.259. The van der Waals surface area contributed by atoms with Crippen LogP contribution in [0.3, 0.4) is 0 Å². The number of nitro benzene ring substituents is 1. The molecule has 0 amide bonds. The summed E-state index contributed by atoms with van der Waals surface area (Å²) in [5.41, 5.74) is 3.85. The highest BCUT2D eigenvalue weighted by molar-refractivity contribution is 6.32. The van der Waals surface area contributed by atoms with Crippen molar-refractivity contribution in [1.82, 2.24) is 0 Å². The number of methoxy groups -OCH3 is 1. The van der Waals surface area contributed by atoms with Gasteiger partial charge in [0.25, 0.3) is 5.69 Å². The molecule has 3 aromatic carbocycles. The van der Waals surface area contributed by atoms with E-state index in [9.17, 15) is 19.7 Å². The summed E-state index contributed by atoms with van der Waals surface area (Å²) in [4.78, 5) is 34.7. The lowest BCUT2D eigenvalue weighted by molar-refractivity contribution is -0.384. The van der Waals surface area contributed by atoms with Crippen molar-refractivity contribution in [2.24, 2.45) is 20.5 Å². The highest BCUT2D eigenvalue weighted by atomic mass is 16.6. The van der Waals surface area contributed by atoms with Gasteiger partial charge in [-0.1, -0.05) is 0 Å². The van der Waals surface area contributed by atoms with Crippen LogP contribution in [0.25, 0.3) is 0 Å². The molecule has 12 heteroatoms. The maximum absolute atomic E-state index is 11.3. The minimum absolute atomic E-state index is 0.0251. The Kier molecular flexibility index (Phi) is 9.90. The number of carbonyl (C=O) groups is 2. The van der Waals surface area contributed by atoms with Crippen molar-refractivity contribution >= 4 is 45.9 Å². The average Bonchev–Trinajstić information content (AvgIpc) is 2.94. The Balaban J connectivity index is 1.69. The number of anilines is 1. The van der Waals surface area contributed by atoms with Crippen molar-refractivity contribution in [3.63, 3.8) is 0 Å². The van der Waals surface area contributed by atoms with Crippen molar-refractivity contribution in [2.75, 3.05) is 31.7 Å². The molecule has 0 saturated heterocycles. The van der Waals surface area contributed by atoms with Crippen LogP contribution in [0.4, 0.5) is 34.1 Å². The second-order valence-corrected chi connectivity index (χ2v) is 8.27. The Morgan fingerprint density at radius 2 is 1.51 bits per heavy atom. The number of esters is 1. The van der Waals surface area contributed by atoms with Gasteiger partial charge >= 0.3 is 5.97 Å². The Hall–Kier alpha value is -5.00. The van der Waals surface area contributed by atoms with Crippen molar-refractivity contribution in [3.05, 3.63) is 76.3 Å². The number of hydrogen-bond donors (Lipinski definition) is 0. The number of Topliss-reactive ketones (excluding diaryl/α,β-unsaturated/α-hetero) is 1. The van der Waals surface area contributed by atoms with Gasteiger partial charge in [-0.25, -0.2) is 4.79 Å². The van der Waals surface area contributed by atoms with Crippen LogP contribution in [-0.2, 0) is 14.3 Å². The number of rotatable bonds is 12. The van der Waals surface area contributed by atoms with Gasteiger partial charge < -0.3 is 14.4 Å². The monoisotopic (exact) mass is 532 g/mol. The lowest BCUT2D eigenvalue weighted by atomic mass is 10.1. The van der Waals surface area contributed by atoms with E-state index in [-0.39, 0.29) is 12.3 Å². The molecule has 0 N–H and O–H groups in total. The molecule has 3 aromatic rings. The van der Waals surface area contributed by atoms with Crippen LogP contribution < -0.4 is 9.64 Å². The molecule has 12 nitrogen and oxygen atoms in total. The summed E-state index contributed by atoms with van der Waals surface area (Å²) in [6.45, 7) is 6.26. The van der Waals surface area contributed by atoms with Crippen molar-refractivity contribution in [2.45, 2.75) is 20.8 Å². The summed E-state index contributed by atoms with van der Waals surface area (Å²) in [7, 11) is 1.51. The minimum Gasteiger partial charge on any atom is -0.494 e. The average molecular weight is 533 g/mol. The first-order chi connectivity index (χ1) is 18.7. The zero-order valence-corrected chi connectivity index (χ0v) is 22.0. The molecule has 0 aliphatic heterocycles. The molecule has 0 unspecified atom stereocenters. The van der Waals surface area contributed by atoms with Crippen LogP contribution in [0.5, 0.6) is 5.75 Å². The second-order valence-electron chi connectivity index (χ2n) is 8.27. The smallest absolute Gasteiger partial charge is 0.374 e. The van der Waals surface area contributed by atoms with Gasteiger partial charge in [0.1, 0.15) is 18.0 Å². The molecule has 0 radical (unpaired) electrons. The highest BCUT2D eigenvalue weighted by Crippen LogP contribution is 2.36. The standard InChI is InChI=1S/C27H28N6O6/c1-5-32(14-15-39-27(35)19(3)34)22-10-6-20(7-11-22)28-30-24-17-26(38-4)25(16-18(24)2)31-29-21-8-12-23(13-9-21)33(36)37/h6-13,16-17H,5,14-15H2,1-4H3. The third-order valence-electron chi connectivity index (χ3n) is 5.58. The van der Waals surface area contributed by atoms with Gasteiger partial charge in [0.05, 0.1) is 35.6 Å². The predicted octanol–water partition coefficient (Wildman–Crippen LogP) is 6.70. The molecule has 3 rings (SSSR count). The zero-order valence-electron chi connectivity index (χ0n) is 22.0. The minimum atomic E-state index is -0.839. The molecule has 0 heterocycles. The second kappa shape index (κ2) is 13.5. The summed E-state index contributed by atoms with van der Waals surface area (Å²) in [5, 5.41) is 27.9. The summed E-state index contributed by atoms with van der Waals surface area (Å²) >= 11 is 0. The maximum atomic E-state index is 11.3. The van der Waals surface area contributed by atoms with Crippen molar-refractivity contribution in [3.8, 4) is 5.75 Å². The number of ether oxygens (including phenoxy) is 2.